The van der Waals surface area contributed by atoms with Crippen LogP contribution in [0.3, 0.4) is 0 Å². The van der Waals surface area contributed by atoms with Crippen molar-refractivity contribution in [2.45, 2.75) is 38.6 Å². The fourth-order valence-corrected chi connectivity index (χ4v) is 3.30. The first-order valence-corrected chi connectivity index (χ1v) is 7.50. The van der Waals surface area contributed by atoms with Gasteiger partial charge in [-0.15, -0.1) is 0 Å². The molecule has 2 heterocycles. The zero-order valence-corrected chi connectivity index (χ0v) is 12.0. The molecule has 0 bridgehead atoms. The van der Waals surface area contributed by atoms with Crippen LogP contribution in [-0.2, 0) is 6.54 Å². The van der Waals surface area contributed by atoms with Gasteiger partial charge in [0.05, 0.1) is 6.33 Å². The van der Waals surface area contributed by atoms with Crippen LogP contribution in [0.1, 0.15) is 32.1 Å². The van der Waals surface area contributed by atoms with Gasteiger partial charge in [0, 0.05) is 13.2 Å². The number of H-pyrrole nitrogens is 1. The molecule has 114 valence electrons. The highest BCUT2D eigenvalue weighted by Gasteiger charge is 2.24. The highest BCUT2D eigenvalue weighted by atomic mass is 16.3. The number of aromatic nitrogens is 4. The molecule has 0 spiro atoms. The third-order valence-electron chi connectivity index (χ3n) is 4.48. The van der Waals surface area contributed by atoms with E-state index in [0.29, 0.717) is 23.0 Å². The number of aliphatic hydroxyl groups excluding tert-OH is 1. The van der Waals surface area contributed by atoms with Crippen LogP contribution in [0.5, 0.6) is 0 Å². The average Bonchev–Trinajstić information content (AvgIpc) is 2.71. The van der Waals surface area contributed by atoms with E-state index in [0.717, 1.165) is 19.4 Å². The third kappa shape index (κ3) is 2.78. The first-order valence-electron chi connectivity index (χ1n) is 7.50. The van der Waals surface area contributed by atoms with Crippen molar-refractivity contribution in [3.05, 3.63) is 16.7 Å². The quantitative estimate of drug-likeness (QED) is 0.727. The van der Waals surface area contributed by atoms with Crippen molar-refractivity contribution in [1.29, 1.82) is 0 Å². The maximum atomic E-state index is 11.8. The summed E-state index contributed by atoms with van der Waals surface area (Å²) in [7, 11) is 0. The lowest BCUT2D eigenvalue weighted by Gasteiger charge is -2.23. The SMILES string of the molecule is Nc1nc2c(ncn2CC2CCCCCC2CO)c(=O)[nH]1. The second-order valence-electron chi connectivity index (χ2n) is 5.86. The first kappa shape index (κ1) is 14.1. The molecule has 7 heteroatoms. The van der Waals surface area contributed by atoms with Gasteiger partial charge >= 0.3 is 0 Å². The largest absolute Gasteiger partial charge is 0.396 e. The molecule has 0 saturated heterocycles. The Morgan fingerprint density at radius 3 is 2.86 bits per heavy atom. The summed E-state index contributed by atoms with van der Waals surface area (Å²) in [6, 6.07) is 0. The lowest BCUT2D eigenvalue weighted by molar-refractivity contribution is 0.156. The van der Waals surface area contributed by atoms with E-state index in [-0.39, 0.29) is 18.1 Å². The van der Waals surface area contributed by atoms with Crippen molar-refractivity contribution in [1.82, 2.24) is 19.5 Å². The van der Waals surface area contributed by atoms with Gasteiger partial charge in [-0.25, -0.2) is 4.98 Å². The van der Waals surface area contributed by atoms with Crippen LogP contribution in [0.2, 0.25) is 0 Å². The standard InChI is InChI=1S/C14H21N5O2/c15-14-17-12-11(13(21)18-14)16-8-19(12)6-9-4-2-1-3-5-10(9)7-20/h8-10,20H,1-7H2,(H3,15,17,18,21). The Balaban J connectivity index is 1.91. The molecule has 1 saturated carbocycles. The van der Waals surface area contributed by atoms with E-state index in [4.69, 9.17) is 5.73 Å². The fourth-order valence-electron chi connectivity index (χ4n) is 3.30. The Hall–Kier alpha value is -1.89. The van der Waals surface area contributed by atoms with Crippen LogP contribution in [0.15, 0.2) is 11.1 Å². The molecular weight excluding hydrogens is 270 g/mol. The van der Waals surface area contributed by atoms with Gasteiger partial charge in [-0.3, -0.25) is 9.78 Å². The molecule has 0 aromatic carbocycles. The molecule has 0 amide bonds. The van der Waals surface area contributed by atoms with Crippen LogP contribution in [0.25, 0.3) is 11.2 Å². The molecule has 1 aliphatic carbocycles. The van der Waals surface area contributed by atoms with Gasteiger partial charge in [0.15, 0.2) is 11.2 Å². The Kier molecular flexibility index (Phi) is 3.92. The van der Waals surface area contributed by atoms with Gasteiger partial charge < -0.3 is 15.4 Å². The molecule has 2 unspecified atom stereocenters. The van der Waals surface area contributed by atoms with E-state index >= 15 is 0 Å². The maximum Gasteiger partial charge on any atom is 0.280 e. The molecule has 3 rings (SSSR count). The molecule has 2 aromatic rings. The number of hydrogen-bond acceptors (Lipinski definition) is 5. The Morgan fingerprint density at radius 2 is 2.10 bits per heavy atom. The van der Waals surface area contributed by atoms with E-state index in [9.17, 15) is 9.90 Å². The second kappa shape index (κ2) is 5.85. The molecule has 2 aromatic heterocycles. The molecule has 0 aliphatic heterocycles. The third-order valence-corrected chi connectivity index (χ3v) is 4.48. The molecule has 7 nitrogen and oxygen atoms in total. The van der Waals surface area contributed by atoms with E-state index < -0.39 is 0 Å². The predicted molar refractivity (Wildman–Crippen MR) is 79.7 cm³/mol. The lowest BCUT2D eigenvalue weighted by Crippen LogP contribution is -2.22. The van der Waals surface area contributed by atoms with Crippen LogP contribution < -0.4 is 11.3 Å². The van der Waals surface area contributed by atoms with E-state index in [1.54, 1.807) is 6.33 Å². The first-order chi connectivity index (χ1) is 10.2. The second-order valence-corrected chi connectivity index (χ2v) is 5.86. The lowest BCUT2D eigenvalue weighted by atomic mass is 9.88. The molecule has 21 heavy (non-hydrogen) atoms. The summed E-state index contributed by atoms with van der Waals surface area (Å²) in [4.78, 5) is 22.6. The number of anilines is 1. The maximum absolute atomic E-state index is 11.8. The minimum absolute atomic E-state index is 0.105. The van der Waals surface area contributed by atoms with Crippen molar-refractivity contribution in [2.24, 2.45) is 11.8 Å². The number of aromatic amines is 1. The smallest absolute Gasteiger partial charge is 0.280 e. The van der Waals surface area contributed by atoms with E-state index in [1.165, 1.54) is 19.3 Å². The number of nitrogens with one attached hydrogen (secondary N) is 1. The predicted octanol–water partition coefficient (Wildman–Crippen LogP) is 0.891. The average molecular weight is 291 g/mol. The van der Waals surface area contributed by atoms with Crippen LogP contribution in [-0.4, -0.2) is 31.2 Å². The molecule has 2 atom stereocenters. The zero-order chi connectivity index (χ0) is 14.8. The van der Waals surface area contributed by atoms with Gasteiger partial charge in [0.1, 0.15) is 0 Å². The summed E-state index contributed by atoms with van der Waals surface area (Å²) < 4.78 is 1.89. The summed E-state index contributed by atoms with van der Waals surface area (Å²) in [5, 5.41) is 9.60. The number of nitrogen functional groups attached to an aromatic ring is 1. The van der Waals surface area contributed by atoms with Gasteiger partial charge in [-0.1, -0.05) is 19.3 Å². The van der Waals surface area contributed by atoms with Gasteiger partial charge in [-0.05, 0) is 24.7 Å². The normalized spacial score (nSPS) is 23.3. The van der Waals surface area contributed by atoms with Crippen molar-refractivity contribution in [3.63, 3.8) is 0 Å². The topological polar surface area (TPSA) is 110 Å². The van der Waals surface area contributed by atoms with Crippen LogP contribution >= 0.6 is 0 Å². The number of rotatable bonds is 3. The summed E-state index contributed by atoms with van der Waals surface area (Å²) in [5.74, 6) is 0.801. The number of nitrogens with two attached hydrogens (primary N) is 1. The Morgan fingerprint density at radius 1 is 1.33 bits per heavy atom. The van der Waals surface area contributed by atoms with E-state index in [1.807, 2.05) is 4.57 Å². The van der Waals surface area contributed by atoms with Gasteiger partial charge in [-0.2, -0.15) is 4.98 Å². The molecule has 0 radical (unpaired) electrons. The number of aliphatic hydroxyl groups is 1. The minimum Gasteiger partial charge on any atom is -0.396 e. The number of hydrogen-bond donors (Lipinski definition) is 3. The number of imidazole rings is 1. The van der Waals surface area contributed by atoms with Gasteiger partial charge in [0.25, 0.3) is 5.56 Å². The molecule has 1 aliphatic rings. The Bertz CT molecular complexity index is 678. The monoisotopic (exact) mass is 291 g/mol. The van der Waals surface area contributed by atoms with E-state index in [2.05, 4.69) is 15.0 Å². The van der Waals surface area contributed by atoms with Crippen molar-refractivity contribution < 1.29 is 5.11 Å². The van der Waals surface area contributed by atoms with Crippen molar-refractivity contribution in [3.8, 4) is 0 Å². The minimum atomic E-state index is -0.309. The summed E-state index contributed by atoms with van der Waals surface area (Å²) in [6.07, 6.45) is 7.38. The van der Waals surface area contributed by atoms with Crippen LogP contribution in [0, 0.1) is 11.8 Å². The zero-order valence-electron chi connectivity index (χ0n) is 12.0. The summed E-state index contributed by atoms with van der Waals surface area (Å²) >= 11 is 0. The number of nitrogens with zero attached hydrogens (tertiary/aromatic N) is 3. The molecular formula is C14H21N5O2. The van der Waals surface area contributed by atoms with Crippen molar-refractivity contribution >= 4 is 17.1 Å². The number of fused-ring (bicyclic) bond motifs is 1. The summed E-state index contributed by atoms with van der Waals surface area (Å²) in [5.41, 5.74) is 6.15. The fraction of sp³-hybridized carbons (Fsp3) is 0.643. The van der Waals surface area contributed by atoms with Crippen molar-refractivity contribution in [2.75, 3.05) is 12.3 Å². The summed E-state index contributed by atoms with van der Waals surface area (Å²) in [6.45, 7) is 0.936. The highest BCUT2D eigenvalue weighted by molar-refractivity contribution is 5.70. The van der Waals surface area contributed by atoms with Gasteiger partial charge in [0.2, 0.25) is 5.95 Å². The molecule has 4 N–H and O–H groups in total. The Labute approximate surface area is 122 Å². The highest BCUT2D eigenvalue weighted by Crippen LogP contribution is 2.30. The molecule has 1 fully saturated rings. The van der Waals surface area contributed by atoms with Crippen LogP contribution in [0.4, 0.5) is 5.95 Å².